The molecule has 0 amide bonds. The van der Waals surface area contributed by atoms with Gasteiger partial charge in [0.15, 0.2) is 0 Å². The van der Waals surface area contributed by atoms with Crippen molar-refractivity contribution in [1.29, 1.82) is 0 Å². The van der Waals surface area contributed by atoms with Crippen LogP contribution in [0.3, 0.4) is 0 Å². The SMILES string of the molecule is CC1CCC2(C1)CN(CCN(C)C)C2. The zero-order valence-corrected chi connectivity index (χ0v) is 9.92. The largest absolute Gasteiger partial charge is 0.308 e. The Morgan fingerprint density at radius 3 is 2.57 bits per heavy atom. The molecule has 1 saturated carbocycles. The van der Waals surface area contributed by atoms with E-state index < -0.39 is 0 Å². The molecular weight excluding hydrogens is 172 g/mol. The van der Waals surface area contributed by atoms with Crippen molar-refractivity contribution in [1.82, 2.24) is 9.80 Å². The van der Waals surface area contributed by atoms with Crippen molar-refractivity contribution in [2.45, 2.75) is 26.2 Å². The van der Waals surface area contributed by atoms with E-state index in [1.165, 1.54) is 45.4 Å². The topological polar surface area (TPSA) is 6.48 Å². The lowest BCUT2D eigenvalue weighted by Gasteiger charge is -2.49. The average molecular weight is 196 g/mol. The highest BCUT2D eigenvalue weighted by Crippen LogP contribution is 2.47. The van der Waals surface area contributed by atoms with Gasteiger partial charge in [0.1, 0.15) is 0 Å². The zero-order valence-electron chi connectivity index (χ0n) is 9.92. The third-order valence-corrected chi connectivity index (χ3v) is 3.93. The predicted octanol–water partition coefficient (Wildman–Crippen LogP) is 1.67. The molecule has 14 heavy (non-hydrogen) atoms. The van der Waals surface area contributed by atoms with E-state index in [2.05, 4.69) is 30.8 Å². The molecule has 0 aromatic heterocycles. The fourth-order valence-electron chi connectivity index (χ4n) is 3.19. The summed E-state index contributed by atoms with van der Waals surface area (Å²) in [6.45, 7) is 7.66. The fraction of sp³-hybridized carbons (Fsp3) is 1.00. The molecule has 2 nitrogen and oxygen atoms in total. The molecule has 1 aliphatic carbocycles. The van der Waals surface area contributed by atoms with Crippen molar-refractivity contribution in [2.75, 3.05) is 40.3 Å². The van der Waals surface area contributed by atoms with Gasteiger partial charge in [-0.25, -0.2) is 0 Å². The van der Waals surface area contributed by atoms with Crippen LogP contribution in [0.2, 0.25) is 0 Å². The first kappa shape index (κ1) is 10.4. The van der Waals surface area contributed by atoms with Crippen LogP contribution in [-0.4, -0.2) is 50.1 Å². The van der Waals surface area contributed by atoms with E-state index in [9.17, 15) is 0 Å². The summed E-state index contributed by atoms with van der Waals surface area (Å²) < 4.78 is 0. The standard InChI is InChI=1S/C12H24N2/c1-11-4-5-12(8-11)9-14(10-12)7-6-13(2)3/h11H,4-10H2,1-3H3. The number of likely N-dealkylation sites (N-methyl/N-ethyl adjacent to an activating group) is 1. The van der Waals surface area contributed by atoms with Crippen molar-refractivity contribution in [3.05, 3.63) is 0 Å². The second kappa shape index (κ2) is 3.82. The van der Waals surface area contributed by atoms with Crippen molar-refractivity contribution in [2.24, 2.45) is 11.3 Å². The Morgan fingerprint density at radius 1 is 1.36 bits per heavy atom. The number of hydrogen-bond acceptors (Lipinski definition) is 2. The highest BCUT2D eigenvalue weighted by Gasteiger charge is 2.46. The lowest BCUT2D eigenvalue weighted by atomic mass is 9.77. The van der Waals surface area contributed by atoms with Crippen LogP contribution in [0.4, 0.5) is 0 Å². The van der Waals surface area contributed by atoms with E-state index >= 15 is 0 Å². The summed E-state index contributed by atoms with van der Waals surface area (Å²) in [6, 6.07) is 0. The van der Waals surface area contributed by atoms with Gasteiger partial charge in [0.05, 0.1) is 0 Å². The molecule has 2 rings (SSSR count). The van der Waals surface area contributed by atoms with Gasteiger partial charge in [0.25, 0.3) is 0 Å². The van der Waals surface area contributed by atoms with Gasteiger partial charge in [0.2, 0.25) is 0 Å². The van der Waals surface area contributed by atoms with Gasteiger partial charge in [0, 0.05) is 26.2 Å². The van der Waals surface area contributed by atoms with Gasteiger partial charge >= 0.3 is 0 Å². The van der Waals surface area contributed by atoms with Gasteiger partial charge < -0.3 is 9.80 Å². The molecule has 1 atom stereocenters. The molecular formula is C12H24N2. The molecule has 1 saturated heterocycles. The zero-order chi connectivity index (χ0) is 10.2. The quantitative estimate of drug-likeness (QED) is 0.677. The average Bonchev–Trinajstić information content (AvgIpc) is 2.41. The van der Waals surface area contributed by atoms with Crippen molar-refractivity contribution in [3.8, 4) is 0 Å². The van der Waals surface area contributed by atoms with Crippen LogP contribution < -0.4 is 0 Å². The van der Waals surface area contributed by atoms with E-state index in [1.807, 2.05) is 0 Å². The van der Waals surface area contributed by atoms with Crippen LogP contribution in [0.15, 0.2) is 0 Å². The Morgan fingerprint density at radius 2 is 2.07 bits per heavy atom. The van der Waals surface area contributed by atoms with Crippen LogP contribution in [0.1, 0.15) is 26.2 Å². The van der Waals surface area contributed by atoms with Gasteiger partial charge in [-0.15, -0.1) is 0 Å². The second-order valence-corrected chi connectivity index (χ2v) is 5.86. The van der Waals surface area contributed by atoms with E-state index in [0.29, 0.717) is 0 Å². The lowest BCUT2D eigenvalue weighted by Crippen LogP contribution is -2.56. The molecule has 0 aromatic rings. The molecule has 1 aliphatic heterocycles. The molecule has 82 valence electrons. The van der Waals surface area contributed by atoms with Gasteiger partial charge in [-0.1, -0.05) is 13.3 Å². The number of likely N-dealkylation sites (tertiary alicyclic amines) is 1. The van der Waals surface area contributed by atoms with Crippen LogP contribution >= 0.6 is 0 Å². The molecule has 2 heteroatoms. The lowest BCUT2D eigenvalue weighted by molar-refractivity contribution is 0.000227. The van der Waals surface area contributed by atoms with Crippen molar-refractivity contribution >= 4 is 0 Å². The molecule has 1 spiro atoms. The predicted molar refractivity (Wildman–Crippen MR) is 60.4 cm³/mol. The molecule has 0 N–H and O–H groups in total. The van der Waals surface area contributed by atoms with E-state index in [4.69, 9.17) is 0 Å². The third-order valence-electron chi connectivity index (χ3n) is 3.93. The minimum Gasteiger partial charge on any atom is -0.308 e. The number of rotatable bonds is 3. The van der Waals surface area contributed by atoms with E-state index in [-0.39, 0.29) is 0 Å². The first-order chi connectivity index (χ1) is 6.60. The second-order valence-electron chi connectivity index (χ2n) is 5.86. The molecule has 0 aromatic carbocycles. The summed E-state index contributed by atoms with van der Waals surface area (Å²) in [6.07, 6.45) is 4.46. The fourth-order valence-corrected chi connectivity index (χ4v) is 3.19. The molecule has 0 radical (unpaired) electrons. The smallest absolute Gasteiger partial charge is 0.0110 e. The van der Waals surface area contributed by atoms with Crippen molar-refractivity contribution in [3.63, 3.8) is 0 Å². The maximum Gasteiger partial charge on any atom is 0.0110 e. The molecule has 1 heterocycles. The van der Waals surface area contributed by atoms with Crippen LogP contribution in [0.25, 0.3) is 0 Å². The highest BCUT2D eigenvalue weighted by molar-refractivity contribution is 4.99. The molecule has 2 aliphatic rings. The maximum absolute atomic E-state index is 2.62. The molecule has 0 bridgehead atoms. The normalized spacial score (nSPS) is 31.3. The summed E-state index contributed by atoms with van der Waals surface area (Å²) in [5.74, 6) is 0.992. The molecule has 1 unspecified atom stereocenters. The van der Waals surface area contributed by atoms with E-state index in [0.717, 1.165) is 11.3 Å². The highest BCUT2D eigenvalue weighted by atomic mass is 15.2. The summed E-state index contributed by atoms with van der Waals surface area (Å²) in [7, 11) is 4.32. The monoisotopic (exact) mass is 196 g/mol. The van der Waals surface area contributed by atoms with Crippen LogP contribution in [0, 0.1) is 11.3 Å². The summed E-state index contributed by atoms with van der Waals surface area (Å²) >= 11 is 0. The van der Waals surface area contributed by atoms with Gasteiger partial charge in [-0.3, -0.25) is 0 Å². The van der Waals surface area contributed by atoms with Gasteiger partial charge in [-0.05, 0) is 38.3 Å². The maximum atomic E-state index is 2.62. The van der Waals surface area contributed by atoms with Crippen molar-refractivity contribution < 1.29 is 0 Å². The third kappa shape index (κ3) is 2.12. The first-order valence-electron chi connectivity index (χ1n) is 5.97. The number of nitrogens with zero attached hydrogens (tertiary/aromatic N) is 2. The summed E-state index contributed by atoms with van der Waals surface area (Å²) in [5, 5.41) is 0. The Labute approximate surface area is 88.3 Å². The summed E-state index contributed by atoms with van der Waals surface area (Å²) in [5.41, 5.74) is 0.756. The Bertz CT molecular complexity index is 194. The minimum absolute atomic E-state index is 0.756. The van der Waals surface area contributed by atoms with Gasteiger partial charge in [-0.2, -0.15) is 0 Å². The van der Waals surface area contributed by atoms with Crippen LogP contribution in [0.5, 0.6) is 0 Å². The summed E-state index contributed by atoms with van der Waals surface area (Å²) in [4.78, 5) is 4.90. The Hall–Kier alpha value is -0.0800. The molecule has 2 fully saturated rings. The van der Waals surface area contributed by atoms with Crippen LogP contribution in [-0.2, 0) is 0 Å². The minimum atomic E-state index is 0.756. The Kier molecular flexibility index (Phi) is 2.85. The van der Waals surface area contributed by atoms with E-state index in [1.54, 1.807) is 0 Å². The first-order valence-corrected chi connectivity index (χ1v) is 5.97. The number of hydrogen-bond donors (Lipinski definition) is 0. The Balaban J connectivity index is 1.69.